The van der Waals surface area contributed by atoms with Crippen LogP contribution in [0.25, 0.3) is 0 Å². The SMILES string of the molecule is COc1ccc(C(=O)NC2(C#N)CC2)c(I)c1. The summed E-state index contributed by atoms with van der Waals surface area (Å²) in [6, 6.07) is 7.38. The molecule has 1 amide bonds. The number of carbonyl (C=O) groups excluding carboxylic acids is 1. The molecule has 5 heteroatoms. The molecule has 0 unspecified atom stereocenters. The van der Waals surface area contributed by atoms with Crippen LogP contribution in [-0.4, -0.2) is 18.6 Å². The third kappa shape index (κ3) is 2.52. The Labute approximate surface area is 113 Å². The van der Waals surface area contributed by atoms with E-state index >= 15 is 0 Å². The standard InChI is InChI=1S/C12H11IN2O2/c1-17-8-2-3-9(10(13)6-8)11(16)15-12(7-14)4-5-12/h2-3,6H,4-5H2,1H3,(H,15,16). The minimum absolute atomic E-state index is 0.198. The van der Waals surface area contributed by atoms with Crippen molar-refractivity contribution in [2.24, 2.45) is 0 Å². The number of nitrogens with zero attached hydrogens (tertiary/aromatic N) is 1. The van der Waals surface area contributed by atoms with Crippen LogP contribution in [0, 0.1) is 14.9 Å². The van der Waals surface area contributed by atoms with Gasteiger partial charge in [0.2, 0.25) is 0 Å². The topological polar surface area (TPSA) is 62.1 Å². The Morgan fingerprint density at radius 1 is 1.59 bits per heavy atom. The van der Waals surface area contributed by atoms with Crippen molar-refractivity contribution in [3.05, 3.63) is 27.3 Å². The van der Waals surface area contributed by atoms with E-state index in [0.717, 1.165) is 16.4 Å². The summed E-state index contributed by atoms with van der Waals surface area (Å²) in [5.41, 5.74) is -0.0481. The zero-order valence-corrected chi connectivity index (χ0v) is 11.4. The number of rotatable bonds is 3. The van der Waals surface area contributed by atoms with E-state index in [-0.39, 0.29) is 5.91 Å². The van der Waals surface area contributed by atoms with Crippen LogP contribution in [-0.2, 0) is 0 Å². The summed E-state index contributed by atoms with van der Waals surface area (Å²) < 4.78 is 5.89. The number of halogens is 1. The molecule has 0 atom stereocenters. The number of hydrogen-bond donors (Lipinski definition) is 1. The van der Waals surface area contributed by atoms with Gasteiger partial charge in [-0.1, -0.05) is 0 Å². The average Bonchev–Trinajstić information content (AvgIpc) is 3.09. The highest BCUT2D eigenvalue weighted by molar-refractivity contribution is 14.1. The summed E-state index contributed by atoms with van der Waals surface area (Å²) in [5, 5.41) is 11.7. The molecule has 88 valence electrons. The van der Waals surface area contributed by atoms with Gasteiger partial charge in [-0.15, -0.1) is 0 Å². The Hall–Kier alpha value is -1.29. The molecule has 0 heterocycles. The van der Waals surface area contributed by atoms with Crippen LogP contribution in [0.3, 0.4) is 0 Å². The summed E-state index contributed by atoms with van der Waals surface area (Å²) in [7, 11) is 1.58. The molecule has 1 aliphatic carbocycles. The number of benzene rings is 1. The van der Waals surface area contributed by atoms with E-state index in [1.165, 1.54) is 0 Å². The molecule has 2 rings (SSSR count). The fourth-order valence-corrected chi connectivity index (χ4v) is 2.21. The number of ether oxygens (including phenoxy) is 1. The highest BCUT2D eigenvalue weighted by Crippen LogP contribution is 2.34. The van der Waals surface area contributed by atoms with Gasteiger partial charge in [0.15, 0.2) is 0 Å². The molecule has 0 aromatic heterocycles. The smallest absolute Gasteiger partial charge is 0.253 e. The van der Waals surface area contributed by atoms with Gasteiger partial charge in [0.25, 0.3) is 5.91 Å². The molecule has 1 fully saturated rings. The van der Waals surface area contributed by atoms with Crippen molar-refractivity contribution in [2.75, 3.05) is 7.11 Å². The Balaban J connectivity index is 2.17. The predicted molar refractivity (Wildman–Crippen MR) is 70.8 cm³/mol. The van der Waals surface area contributed by atoms with Gasteiger partial charge in [-0.3, -0.25) is 4.79 Å². The van der Waals surface area contributed by atoms with Crippen molar-refractivity contribution >= 4 is 28.5 Å². The van der Waals surface area contributed by atoms with Crippen LogP contribution in [0.1, 0.15) is 23.2 Å². The third-order valence-corrected chi connectivity index (χ3v) is 3.63. The summed E-state index contributed by atoms with van der Waals surface area (Å²) in [6.45, 7) is 0. The van der Waals surface area contributed by atoms with Gasteiger partial charge in [0, 0.05) is 3.57 Å². The van der Waals surface area contributed by atoms with Crippen LogP contribution in [0.4, 0.5) is 0 Å². The first-order valence-corrected chi connectivity index (χ1v) is 6.25. The van der Waals surface area contributed by atoms with Gasteiger partial charge in [0.05, 0.1) is 18.7 Å². The molecule has 1 saturated carbocycles. The van der Waals surface area contributed by atoms with Crippen molar-refractivity contribution in [1.82, 2.24) is 5.32 Å². The second-order valence-corrected chi connectivity index (χ2v) is 5.16. The number of hydrogen-bond acceptors (Lipinski definition) is 3. The van der Waals surface area contributed by atoms with Gasteiger partial charge in [-0.2, -0.15) is 5.26 Å². The van der Waals surface area contributed by atoms with Crippen molar-refractivity contribution in [3.63, 3.8) is 0 Å². The Morgan fingerprint density at radius 3 is 2.76 bits per heavy atom. The van der Waals surface area contributed by atoms with Crippen LogP contribution in [0.2, 0.25) is 0 Å². The molecule has 4 nitrogen and oxygen atoms in total. The monoisotopic (exact) mass is 342 g/mol. The lowest BCUT2D eigenvalue weighted by molar-refractivity contribution is 0.0940. The maximum Gasteiger partial charge on any atom is 0.253 e. The molecule has 1 aliphatic rings. The fourth-order valence-electron chi connectivity index (χ4n) is 1.48. The van der Waals surface area contributed by atoms with E-state index in [4.69, 9.17) is 10.00 Å². The van der Waals surface area contributed by atoms with Crippen molar-refractivity contribution < 1.29 is 9.53 Å². The van der Waals surface area contributed by atoms with Gasteiger partial charge < -0.3 is 10.1 Å². The van der Waals surface area contributed by atoms with Crippen molar-refractivity contribution in [1.29, 1.82) is 5.26 Å². The molecule has 1 aromatic carbocycles. The first kappa shape index (κ1) is 12.2. The highest BCUT2D eigenvalue weighted by atomic mass is 127. The first-order valence-electron chi connectivity index (χ1n) is 5.17. The molecule has 1 N–H and O–H groups in total. The quantitative estimate of drug-likeness (QED) is 0.856. The molecular formula is C12H11IN2O2. The molecular weight excluding hydrogens is 331 g/mol. The number of nitrogens with one attached hydrogen (secondary N) is 1. The lowest BCUT2D eigenvalue weighted by Gasteiger charge is -2.11. The molecule has 0 spiro atoms. The minimum atomic E-state index is -0.625. The van der Waals surface area contributed by atoms with Gasteiger partial charge in [0.1, 0.15) is 11.3 Å². The lowest BCUT2D eigenvalue weighted by atomic mass is 10.2. The molecule has 0 aliphatic heterocycles. The van der Waals surface area contributed by atoms with Gasteiger partial charge in [-0.05, 0) is 53.6 Å². The van der Waals surface area contributed by atoms with Gasteiger partial charge >= 0.3 is 0 Å². The first-order chi connectivity index (χ1) is 8.10. The summed E-state index contributed by atoms with van der Waals surface area (Å²) in [4.78, 5) is 12.0. The predicted octanol–water partition coefficient (Wildman–Crippen LogP) is 2.09. The van der Waals surface area contributed by atoms with Gasteiger partial charge in [-0.25, -0.2) is 0 Å². The third-order valence-electron chi connectivity index (χ3n) is 2.74. The van der Waals surface area contributed by atoms with Crippen molar-refractivity contribution in [2.45, 2.75) is 18.4 Å². The maximum atomic E-state index is 12.0. The molecule has 0 radical (unpaired) electrons. The second-order valence-electron chi connectivity index (χ2n) is 3.99. The minimum Gasteiger partial charge on any atom is -0.497 e. The summed E-state index contributed by atoms with van der Waals surface area (Å²) in [5.74, 6) is 0.517. The van der Waals surface area contributed by atoms with Crippen LogP contribution in [0.15, 0.2) is 18.2 Å². The van der Waals surface area contributed by atoms with Crippen molar-refractivity contribution in [3.8, 4) is 11.8 Å². The summed E-state index contributed by atoms with van der Waals surface area (Å²) >= 11 is 2.08. The van der Waals surface area contributed by atoms with E-state index in [1.807, 2.05) is 0 Å². The summed E-state index contributed by atoms with van der Waals surface area (Å²) in [6.07, 6.45) is 1.48. The van der Waals surface area contributed by atoms with E-state index in [0.29, 0.717) is 11.3 Å². The molecule has 17 heavy (non-hydrogen) atoms. The van der Waals surface area contributed by atoms with Crippen LogP contribution in [0.5, 0.6) is 5.75 Å². The average molecular weight is 342 g/mol. The second kappa shape index (κ2) is 4.53. The van der Waals surface area contributed by atoms with Crippen LogP contribution < -0.4 is 10.1 Å². The van der Waals surface area contributed by atoms with Crippen LogP contribution >= 0.6 is 22.6 Å². The number of nitriles is 1. The largest absolute Gasteiger partial charge is 0.497 e. The van der Waals surface area contributed by atoms with E-state index in [9.17, 15) is 4.79 Å². The zero-order valence-electron chi connectivity index (χ0n) is 9.29. The van der Waals surface area contributed by atoms with E-state index in [1.54, 1.807) is 25.3 Å². The molecule has 0 saturated heterocycles. The maximum absolute atomic E-state index is 12.0. The Bertz CT molecular complexity index is 504. The number of carbonyl (C=O) groups is 1. The fraction of sp³-hybridized carbons (Fsp3) is 0.333. The highest BCUT2D eigenvalue weighted by Gasteiger charge is 2.44. The van der Waals surface area contributed by atoms with E-state index < -0.39 is 5.54 Å². The zero-order chi connectivity index (χ0) is 12.5. The molecule has 1 aromatic rings. The number of amides is 1. The van der Waals surface area contributed by atoms with E-state index in [2.05, 4.69) is 34.0 Å². The Morgan fingerprint density at radius 2 is 2.29 bits per heavy atom. The molecule has 0 bridgehead atoms. The number of methoxy groups -OCH3 is 1. The Kier molecular flexibility index (Phi) is 3.24. The lowest BCUT2D eigenvalue weighted by Crippen LogP contribution is -2.35. The normalized spacial score (nSPS) is 15.8.